The van der Waals surface area contributed by atoms with Crippen LogP contribution in [0.1, 0.15) is 59.0 Å². The fourth-order valence-electron chi connectivity index (χ4n) is 2.94. The summed E-state index contributed by atoms with van der Waals surface area (Å²) < 4.78 is 3.96. The zero-order chi connectivity index (χ0) is 15.5. The Balaban J connectivity index is 1.74. The summed E-state index contributed by atoms with van der Waals surface area (Å²) >= 11 is 1.22. The number of hydrogen-bond donors (Lipinski definition) is 1. The number of nitrogens with one attached hydrogen (secondary N) is 1. The lowest BCUT2D eigenvalue weighted by Crippen LogP contribution is -2.39. The van der Waals surface area contributed by atoms with Gasteiger partial charge in [-0.1, -0.05) is 17.8 Å². The standard InChI is InChI=1S/C15H21N5OS/c1-3-5-12-13(22-19-18-12)15(21)20-7-4-6-11(9-20)14-16-8-10(2)17-14/h8,11H,3-7,9H2,1-2H3,(H,16,17)/t11-/m1/s1. The molecule has 7 heteroatoms. The van der Waals surface area contributed by atoms with Gasteiger partial charge in [-0.05, 0) is 37.7 Å². The summed E-state index contributed by atoms with van der Waals surface area (Å²) in [5, 5.41) is 4.10. The van der Waals surface area contributed by atoms with E-state index in [-0.39, 0.29) is 5.91 Å². The minimum absolute atomic E-state index is 0.0754. The van der Waals surface area contributed by atoms with Gasteiger partial charge in [-0.3, -0.25) is 4.79 Å². The van der Waals surface area contributed by atoms with Gasteiger partial charge < -0.3 is 9.88 Å². The van der Waals surface area contributed by atoms with Crippen LogP contribution in [0.2, 0.25) is 0 Å². The van der Waals surface area contributed by atoms with Crippen molar-refractivity contribution in [3.8, 4) is 0 Å². The quantitative estimate of drug-likeness (QED) is 0.939. The second-order valence-electron chi connectivity index (χ2n) is 5.84. The monoisotopic (exact) mass is 319 g/mol. The van der Waals surface area contributed by atoms with E-state index in [1.54, 1.807) is 0 Å². The van der Waals surface area contributed by atoms with Crippen LogP contribution < -0.4 is 0 Å². The van der Waals surface area contributed by atoms with Crippen molar-refractivity contribution >= 4 is 17.4 Å². The topological polar surface area (TPSA) is 74.8 Å². The van der Waals surface area contributed by atoms with Crippen molar-refractivity contribution in [2.24, 2.45) is 0 Å². The van der Waals surface area contributed by atoms with Crippen LogP contribution in [0.5, 0.6) is 0 Å². The number of carbonyl (C=O) groups excluding carboxylic acids is 1. The number of rotatable bonds is 4. The predicted octanol–water partition coefficient (Wildman–Crippen LogP) is 2.54. The lowest BCUT2D eigenvalue weighted by Gasteiger charge is -2.31. The van der Waals surface area contributed by atoms with E-state index in [1.165, 1.54) is 11.5 Å². The van der Waals surface area contributed by atoms with Crippen molar-refractivity contribution in [2.75, 3.05) is 13.1 Å². The molecular weight excluding hydrogens is 298 g/mol. The second-order valence-corrected chi connectivity index (χ2v) is 6.59. The zero-order valence-corrected chi connectivity index (χ0v) is 13.8. The predicted molar refractivity (Wildman–Crippen MR) is 85.1 cm³/mol. The minimum Gasteiger partial charge on any atom is -0.346 e. The first-order chi connectivity index (χ1) is 10.7. The first kappa shape index (κ1) is 15.1. The van der Waals surface area contributed by atoms with Gasteiger partial charge in [0.2, 0.25) is 0 Å². The second kappa shape index (κ2) is 6.56. The molecule has 0 radical (unpaired) electrons. The van der Waals surface area contributed by atoms with Crippen molar-refractivity contribution in [3.05, 3.63) is 28.3 Å². The molecule has 1 aliphatic heterocycles. The maximum Gasteiger partial charge on any atom is 0.267 e. The highest BCUT2D eigenvalue weighted by atomic mass is 32.1. The molecule has 1 atom stereocenters. The molecule has 22 heavy (non-hydrogen) atoms. The molecule has 1 fully saturated rings. The summed E-state index contributed by atoms with van der Waals surface area (Å²) in [6.45, 7) is 5.61. The third-order valence-corrected chi connectivity index (χ3v) is 4.81. The molecule has 3 heterocycles. The number of likely N-dealkylation sites (tertiary alicyclic amines) is 1. The lowest BCUT2D eigenvalue weighted by molar-refractivity contribution is 0.0708. The molecule has 1 saturated heterocycles. The smallest absolute Gasteiger partial charge is 0.267 e. The molecule has 0 bridgehead atoms. The first-order valence-corrected chi connectivity index (χ1v) is 8.58. The average molecular weight is 319 g/mol. The van der Waals surface area contributed by atoms with Gasteiger partial charge in [0.1, 0.15) is 10.7 Å². The molecule has 118 valence electrons. The van der Waals surface area contributed by atoms with E-state index in [0.29, 0.717) is 10.8 Å². The summed E-state index contributed by atoms with van der Waals surface area (Å²) in [7, 11) is 0. The fraction of sp³-hybridized carbons (Fsp3) is 0.600. The molecule has 0 saturated carbocycles. The summed E-state index contributed by atoms with van der Waals surface area (Å²) in [5.74, 6) is 1.36. The van der Waals surface area contributed by atoms with E-state index in [4.69, 9.17) is 0 Å². The molecular formula is C15H21N5OS. The van der Waals surface area contributed by atoms with Crippen LogP contribution in [-0.2, 0) is 6.42 Å². The molecule has 1 aliphatic rings. The Morgan fingerprint density at radius 2 is 2.41 bits per heavy atom. The van der Waals surface area contributed by atoms with Crippen LogP contribution in [-0.4, -0.2) is 43.5 Å². The number of amides is 1. The molecule has 1 N–H and O–H groups in total. The van der Waals surface area contributed by atoms with Crippen LogP contribution in [0, 0.1) is 6.92 Å². The van der Waals surface area contributed by atoms with Crippen LogP contribution in [0.15, 0.2) is 6.20 Å². The van der Waals surface area contributed by atoms with Gasteiger partial charge in [-0.2, -0.15) is 0 Å². The van der Waals surface area contributed by atoms with Gasteiger partial charge in [0.05, 0.1) is 5.69 Å². The van der Waals surface area contributed by atoms with Gasteiger partial charge in [0.15, 0.2) is 0 Å². The van der Waals surface area contributed by atoms with E-state index in [0.717, 1.165) is 56.0 Å². The van der Waals surface area contributed by atoms with E-state index in [2.05, 4.69) is 26.5 Å². The molecule has 0 unspecified atom stereocenters. The van der Waals surface area contributed by atoms with Crippen LogP contribution in [0.25, 0.3) is 0 Å². The number of imidazole rings is 1. The summed E-state index contributed by atoms with van der Waals surface area (Å²) in [5.41, 5.74) is 1.91. The minimum atomic E-state index is 0.0754. The maximum absolute atomic E-state index is 12.8. The van der Waals surface area contributed by atoms with Gasteiger partial charge in [0.25, 0.3) is 5.91 Å². The molecule has 2 aromatic rings. The SMILES string of the molecule is CCCc1nnsc1C(=O)N1CCC[C@@H](c2ncc(C)[nH]2)C1. The Kier molecular flexibility index (Phi) is 4.52. The summed E-state index contributed by atoms with van der Waals surface area (Å²) in [6, 6.07) is 0. The molecule has 2 aromatic heterocycles. The third-order valence-electron chi connectivity index (χ3n) is 4.05. The third kappa shape index (κ3) is 3.04. The average Bonchev–Trinajstić information content (AvgIpc) is 3.16. The number of aromatic amines is 1. The molecule has 0 aliphatic carbocycles. The Morgan fingerprint density at radius 3 is 3.14 bits per heavy atom. The van der Waals surface area contributed by atoms with Gasteiger partial charge in [-0.25, -0.2) is 4.98 Å². The molecule has 0 spiro atoms. The Morgan fingerprint density at radius 1 is 1.55 bits per heavy atom. The van der Waals surface area contributed by atoms with Crippen molar-refractivity contribution in [2.45, 2.75) is 45.4 Å². The fourth-order valence-corrected chi connectivity index (χ4v) is 3.62. The number of aryl methyl sites for hydroxylation is 2. The highest BCUT2D eigenvalue weighted by Crippen LogP contribution is 2.27. The zero-order valence-electron chi connectivity index (χ0n) is 13.0. The number of hydrogen-bond acceptors (Lipinski definition) is 5. The van der Waals surface area contributed by atoms with Crippen molar-refractivity contribution < 1.29 is 4.79 Å². The maximum atomic E-state index is 12.8. The number of piperidine rings is 1. The number of nitrogens with zero attached hydrogens (tertiary/aromatic N) is 4. The largest absolute Gasteiger partial charge is 0.346 e. The Bertz CT molecular complexity index is 650. The highest BCUT2D eigenvalue weighted by molar-refractivity contribution is 7.08. The molecule has 6 nitrogen and oxygen atoms in total. The van der Waals surface area contributed by atoms with Crippen molar-refractivity contribution in [1.29, 1.82) is 0 Å². The summed E-state index contributed by atoms with van der Waals surface area (Å²) in [4.78, 5) is 23.1. The van der Waals surface area contributed by atoms with Gasteiger partial charge >= 0.3 is 0 Å². The number of H-pyrrole nitrogens is 1. The number of carbonyl (C=O) groups is 1. The van der Waals surface area contributed by atoms with Gasteiger partial charge in [-0.15, -0.1) is 5.10 Å². The van der Waals surface area contributed by atoms with E-state index in [9.17, 15) is 4.79 Å². The van der Waals surface area contributed by atoms with E-state index >= 15 is 0 Å². The van der Waals surface area contributed by atoms with E-state index < -0.39 is 0 Å². The van der Waals surface area contributed by atoms with Gasteiger partial charge in [0, 0.05) is 30.9 Å². The lowest BCUT2D eigenvalue weighted by atomic mass is 9.97. The Hall–Kier alpha value is -1.76. The molecule has 0 aromatic carbocycles. The van der Waals surface area contributed by atoms with Crippen LogP contribution in [0.3, 0.4) is 0 Å². The van der Waals surface area contributed by atoms with Crippen molar-refractivity contribution in [1.82, 2.24) is 24.5 Å². The number of aromatic nitrogens is 4. The molecule has 1 amide bonds. The highest BCUT2D eigenvalue weighted by Gasteiger charge is 2.29. The van der Waals surface area contributed by atoms with Crippen LogP contribution in [0.4, 0.5) is 0 Å². The first-order valence-electron chi connectivity index (χ1n) is 7.81. The Labute approximate surface area is 134 Å². The van der Waals surface area contributed by atoms with Crippen molar-refractivity contribution in [3.63, 3.8) is 0 Å². The molecule has 3 rings (SSSR count). The van der Waals surface area contributed by atoms with Crippen LogP contribution >= 0.6 is 11.5 Å². The van der Waals surface area contributed by atoms with E-state index in [1.807, 2.05) is 18.0 Å². The summed E-state index contributed by atoms with van der Waals surface area (Å²) in [6.07, 6.45) is 5.71. The normalized spacial score (nSPS) is 18.6.